The lowest BCUT2D eigenvalue weighted by atomic mass is 9.92. The Morgan fingerprint density at radius 3 is 1.92 bits per heavy atom. The second-order valence-electron chi connectivity index (χ2n) is 6.72. The van der Waals surface area contributed by atoms with Crippen molar-refractivity contribution in [1.29, 1.82) is 0 Å². The van der Waals surface area contributed by atoms with E-state index in [4.69, 9.17) is 0 Å². The molecule has 26 heavy (non-hydrogen) atoms. The summed E-state index contributed by atoms with van der Waals surface area (Å²) in [5.74, 6) is 0. The van der Waals surface area contributed by atoms with Crippen LogP contribution in [0.5, 0.6) is 0 Å². The van der Waals surface area contributed by atoms with Crippen molar-refractivity contribution in [2.75, 3.05) is 6.26 Å². The number of sulfone groups is 1. The Kier molecular flexibility index (Phi) is 4.25. The SMILES string of the molecule is CS(=O)(=O)c1cccc(C=C2c3ccccc3CCc3ccccc32)c1. The Balaban J connectivity index is 1.95. The average Bonchev–Trinajstić information content (AvgIpc) is 2.79. The molecule has 0 saturated carbocycles. The summed E-state index contributed by atoms with van der Waals surface area (Å²) in [5, 5.41) is 0. The largest absolute Gasteiger partial charge is 0.224 e. The summed E-state index contributed by atoms with van der Waals surface area (Å²) in [6.07, 6.45) is 5.37. The van der Waals surface area contributed by atoms with Crippen LogP contribution in [0.1, 0.15) is 27.8 Å². The van der Waals surface area contributed by atoms with E-state index in [-0.39, 0.29) is 0 Å². The number of rotatable bonds is 2. The molecule has 3 aromatic rings. The van der Waals surface area contributed by atoms with Gasteiger partial charge in [-0.1, -0.05) is 60.7 Å². The molecule has 3 aromatic carbocycles. The fourth-order valence-electron chi connectivity index (χ4n) is 3.57. The van der Waals surface area contributed by atoms with Crippen molar-refractivity contribution in [3.8, 4) is 0 Å². The summed E-state index contributed by atoms with van der Waals surface area (Å²) in [7, 11) is -3.22. The van der Waals surface area contributed by atoms with Crippen molar-refractivity contribution in [1.82, 2.24) is 0 Å². The normalized spacial score (nSPS) is 13.5. The Morgan fingerprint density at radius 1 is 0.769 bits per heavy atom. The predicted octanol–water partition coefficient (Wildman–Crippen LogP) is 4.78. The standard InChI is InChI=1S/C23H20O2S/c1-26(24,25)20-10-6-7-17(15-20)16-23-21-11-4-2-8-18(21)13-14-19-9-3-5-12-22(19)23/h2-12,15-16H,13-14H2,1H3. The molecule has 0 saturated heterocycles. The van der Waals surface area contributed by atoms with E-state index in [0.29, 0.717) is 4.90 Å². The van der Waals surface area contributed by atoms with Gasteiger partial charge in [-0.25, -0.2) is 8.42 Å². The molecule has 0 atom stereocenters. The van der Waals surface area contributed by atoms with Gasteiger partial charge >= 0.3 is 0 Å². The lowest BCUT2D eigenvalue weighted by Crippen LogP contribution is -1.97. The van der Waals surface area contributed by atoms with Crippen molar-refractivity contribution < 1.29 is 8.42 Å². The van der Waals surface area contributed by atoms with Gasteiger partial charge in [0.05, 0.1) is 4.90 Å². The monoisotopic (exact) mass is 360 g/mol. The molecule has 0 unspecified atom stereocenters. The molecule has 0 N–H and O–H groups in total. The van der Waals surface area contributed by atoms with Gasteiger partial charge in [-0.2, -0.15) is 0 Å². The molecule has 0 spiro atoms. The minimum absolute atomic E-state index is 0.349. The molecular weight excluding hydrogens is 340 g/mol. The van der Waals surface area contributed by atoms with Gasteiger partial charge in [0.25, 0.3) is 0 Å². The van der Waals surface area contributed by atoms with Crippen LogP contribution in [0.3, 0.4) is 0 Å². The van der Waals surface area contributed by atoms with E-state index in [0.717, 1.165) is 24.0 Å². The number of hydrogen-bond acceptors (Lipinski definition) is 2. The highest BCUT2D eigenvalue weighted by Crippen LogP contribution is 2.35. The third-order valence-corrected chi connectivity index (χ3v) is 5.99. The number of fused-ring (bicyclic) bond motifs is 2. The van der Waals surface area contributed by atoms with Crippen molar-refractivity contribution >= 4 is 21.5 Å². The fourth-order valence-corrected chi connectivity index (χ4v) is 4.25. The maximum atomic E-state index is 11.9. The molecule has 0 fully saturated rings. The molecule has 0 aliphatic heterocycles. The van der Waals surface area contributed by atoms with Gasteiger partial charge < -0.3 is 0 Å². The summed E-state index contributed by atoms with van der Waals surface area (Å²) in [4.78, 5) is 0.349. The first kappa shape index (κ1) is 16.8. The first-order valence-corrected chi connectivity index (χ1v) is 10.6. The van der Waals surface area contributed by atoms with Crippen molar-refractivity contribution in [2.24, 2.45) is 0 Å². The van der Waals surface area contributed by atoms with Crippen LogP contribution in [-0.4, -0.2) is 14.7 Å². The summed E-state index contributed by atoms with van der Waals surface area (Å²) in [6.45, 7) is 0. The molecule has 1 aliphatic carbocycles. The Labute approximate surface area is 154 Å². The van der Waals surface area contributed by atoms with E-state index >= 15 is 0 Å². The average molecular weight is 360 g/mol. The van der Waals surface area contributed by atoms with E-state index in [1.54, 1.807) is 18.2 Å². The molecule has 0 radical (unpaired) electrons. The first-order chi connectivity index (χ1) is 12.5. The molecule has 0 bridgehead atoms. The van der Waals surface area contributed by atoms with Gasteiger partial charge in [0.2, 0.25) is 0 Å². The molecule has 1 aliphatic rings. The summed E-state index contributed by atoms with van der Waals surface area (Å²) >= 11 is 0. The maximum Gasteiger partial charge on any atom is 0.175 e. The van der Waals surface area contributed by atoms with E-state index in [9.17, 15) is 8.42 Å². The zero-order valence-corrected chi connectivity index (χ0v) is 15.5. The van der Waals surface area contributed by atoms with Crippen LogP contribution < -0.4 is 0 Å². The van der Waals surface area contributed by atoms with Crippen LogP contribution in [0.2, 0.25) is 0 Å². The van der Waals surface area contributed by atoms with E-state index in [1.165, 1.54) is 28.5 Å². The van der Waals surface area contributed by atoms with Crippen LogP contribution in [0.15, 0.2) is 77.7 Å². The number of hydrogen-bond donors (Lipinski definition) is 0. The zero-order valence-electron chi connectivity index (χ0n) is 14.6. The Bertz CT molecular complexity index is 1060. The highest BCUT2D eigenvalue weighted by atomic mass is 32.2. The minimum Gasteiger partial charge on any atom is -0.224 e. The van der Waals surface area contributed by atoms with Crippen molar-refractivity contribution in [3.05, 3.63) is 101 Å². The van der Waals surface area contributed by atoms with Gasteiger partial charge in [-0.15, -0.1) is 0 Å². The minimum atomic E-state index is -3.22. The first-order valence-electron chi connectivity index (χ1n) is 8.71. The van der Waals surface area contributed by atoms with Gasteiger partial charge in [-0.3, -0.25) is 0 Å². The van der Waals surface area contributed by atoms with E-state index in [2.05, 4.69) is 54.6 Å². The van der Waals surface area contributed by atoms with Gasteiger partial charge in [-0.05, 0) is 64.4 Å². The van der Waals surface area contributed by atoms with Gasteiger partial charge in [0.15, 0.2) is 9.84 Å². The van der Waals surface area contributed by atoms with Crippen molar-refractivity contribution in [2.45, 2.75) is 17.7 Å². The lowest BCUT2D eigenvalue weighted by molar-refractivity contribution is 0.602. The quantitative estimate of drug-likeness (QED) is 0.659. The summed E-state index contributed by atoms with van der Waals surface area (Å²) in [5.41, 5.74) is 7.15. The van der Waals surface area contributed by atoms with E-state index in [1.807, 2.05) is 6.07 Å². The summed E-state index contributed by atoms with van der Waals surface area (Å²) in [6, 6.07) is 24.1. The smallest absolute Gasteiger partial charge is 0.175 e. The molecular formula is C23H20O2S. The highest BCUT2D eigenvalue weighted by molar-refractivity contribution is 7.90. The molecule has 130 valence electrons. The second-order valence-corrected chi connectivity index (χ2v) is 8.73. The predicted molar refractivity (Wildman–Crippen MR) is 107 cm³/mol. The zero-order chi connectivity index (χ0) is 18.1. The van der Waals surface area contributed by atoms with E-state index < -0.39 is 9.84 Å². The second kappa shape index (κ2) is 6.58. The molecule has 0 heterocycles. The number of benzene rings is 3. The van der Waals surface area contributed by atoms with Crippen LogP contribution >= 0.6 is 0 Å². The Hall–Kier alpha value is -2.65. The number of aryl methyl sites for hydroxylation is 2. The molecule has 2 nitrogen and oxygen atoms in total. The third-order valence-electron chi connectivity index (χ3n) is 4.88. The molecule has 0 amide bonds. The molecule has 4 rings (SSSR count). The molecule has 0 aromatic heterocycles. The maximum absolute atomic E-state index is 11.9. The topological polar surface area (TPSA) is 34.1 Å². The van der Waals surface area contributed by atoms with Crippen molar-refractivity contribution in [3.63, 3.8) is 0 Å². The van der Waals surface area contributed by atoms with Crippen LogP contribution in [0.25, 0.3) is 11.6 Å². The molecule has 3 heteroatoms. The van der Waals surface area contributed by atoms with Crippen LogP contribution in [0, 0.1) is 0 Å². The highest BCUT2D eigenvalue weighted by Gasteiger charge is 2.17. The van der Waals surface area contributed by atoms with Crippen LogP contribution in [0.4, 0.5) is 0 Å². The van der Waals surface area contributed by atoms with Gasteiger partial charge in [0, 0.05) is 6.26 Å². The van der Waals surface area contributed by atoms with Gasteiger partial charge in [0.1, 0.15) is 0 Å². The summed E-state index contributed by atoms with van der Waals surface area (Å²) < 4.78 is 23.8. The lowest BCUT2D eigenvalue weighted by Gasteiger charge is -2.12. The van der Waals surface area contributed by atoms with Crippen LogP contribution in [-0.2, 0) is 22.7 Å². The Morgan fingerprint density at radius 2 is 1.35 bits per heavy atom. The fraction of sp³-hybridized carbons (Fsp3) is 0.130. The third kappa shape index (κ3) is 3.23.